The molecule has 1 aliphatic heterocycles. The minimum atomic E-state index is 0.219. The predicted octanol–water partition coefficient (Wildman–Crippen LogP) is 5.92. The molecule has 2 unspecified atom stereocenters. The first-order valence-electron chi connectivity index (χ1n) is 9.86. The van der Waals surface area contributed by atoms with Crippen molar-refractivity contribution < 1.29 is 4.79 Å². The number of carbonyl (C=O) groups is 1. The van der Waals surface area contributed by atoms with E-state index in [0.717, 1.165) is 24.4 Å². The van der Waals surface area contributed by atoms with Gasteiger partial charge in [0.1, 0.15) is 0 Å². The van der Waals surface area contributed by atoms with E-state index >= 15 is 0 Å². The minimum Gasteiger partial charge on any atom is -0.337 e. The molecule has 1 saturated heterocycles. The van der Waals surface area contributed by atoms with Gasteiger partial charge in [-0.2, -0.15) is 0 Å². The molecule has 2 nitrogen and oxygen atoms in total. The van der Waals surface area contributed by atoms with Crippen molar-refractivity contribution in [2.24, 2.45) is 11.8 Å². The van der Waals surface area contributed by atoms with Crippen molar-refractivity contribution in [1.82, 2.24) is 4.90 Å². The summed E-state index contributed by atoms with van der Waals surface area (Å²) in [5.41, 5.74) is 3.72. The lowest BCUT2D eigenvalue weighted by molar-refractivity contribution is 0.0627. The Bertz CT molecular complexity index is 946. The number of hydrogen-bond acceptors (Lipinski definition) is 2. The fourth-order valence-corrected chi connectivity index (χ4v) is 5.52. The maximum atomic E-state index is 13.5. The Balaban J connectivity index is 1.73. The lowest BCUT2D eigenvalue weighted by Gasteiger charge is -2.35. The molecule has 2 aromatic carbocycles. The maximum absolute atomic E-state index is 13.5. The van der Waals surface area contributed by atoms with E-state index in [-0.39, 0.29) is 5.91 Å². The quantitative estimate of drug-likeness (QED) is 0.555. The first-order chi connectivity index (χ1) is 13.0. The highest BCUT2D eigenvalue weighted by atomic mass is 32.1. The lowest BCUT2D eigenvalue weighted by Crippen LogP contribution is -2.42. The summed E-state index contributed by atoms with van der Waals surface area (Å²) >= 11 is 1.66. The van der Waals surface area contributed by atoms with E-state index in [1.165, 1.54) is 33.2 Å². The smallest absolute Gasteiger partial charge is 0.264 e. The number of carbonyl (C=O) groups excluding carboxylic acids is 1. The van der Waals surface area contributed by atoms with Crippen molar-refractivity contribution in [1.29, 1.82) is 0 Å². The Labute approximate surface area is 165 Å². The zero-order chi connectivity index (χ0) is 19.0. The predicted molar refractivity (Wildman–Crippen MR) is 115 cm³/mol. The van der Waals surface area contributed by atoms with Gasteiger partial charge in [-0.15, -0.1) is 11.3 Å². The molecule has 0 aliphatic carbocycles. The molecule has 3 heteroatoms. The van der Waals surface area contributed by atoms with Gasteiger partial charge < -0.3 is 4.90 Å². The first-order valence-corrected chi connectivity index (χ1v) is 10.7. The van der Waals surface area contributed by atoms with Gasteiger partial charge in [-0.1, -0.05) is 61.9 Å². The second-order valence-electron chi connectivity index (χ2n) is 8.22. The zero-order valence-corrected chi connectivity index (χ0v) is 17.2. The number of fused-ring (bicyclic) bond motifs is 1. The van der Waals surface area contributed by atoms with Crippen molar-refractivity contribution in [3.05, 3.63) is 70.1 Å². The Kier molecular flexibility index (Phi) is 5.05. The molecule has 1 amide bonds. The molecule has 1 aromatic heterocycles. The van der Waals surface area contributed by atoms with Crippen LogP contribution in [-0.4, -0.2) is 23.9 Å². The Hall–Kier alpha value is -2.13. The van der Waals surface area contributed by atoms with E-state index in [2.05, 4.69) is 74.2 Å². The Morgan fingerprint density at radius 1 is 1.04 bits per heavy atom. The monoisotopic (exact) mass is 377 g/mol. The molecule has 3 aromatic rings. The SMILES string of the molecule is Cc1ccc(Cc2c(C(=O)N3CC(C)CC(C)C3)sc3ccccc23)cc1. The van der Waals surface area contributed by atoms with Gasteiger partial charge in [-0.3, -0.25) is 4.79 Å². The Morgan fingerprint density at radius 3 is 2.41 bits per heavy atom. The van der Waals surface area contributed by atoms with Crippen molar-refractivity contribution >= 4 is 27.3 Å². The maximum Gasteiger partial charge on any atom is 0.264 e. The van der Waals surface area contributed by atoms with Crippen LogP contribution < -0.4 is 0 Å². The van der Waals surface area contributed by atoms with Crippen molar-refractivity contribution in [3.63, 3.8) is 0 Å². The molecule has 4 rings (SSSR count). The molecule has 0 spiro atoms. The van der Waals surface area contributed by atoms with Gasteiger partial charge >= 0.3 is 0 Å². The summed E-state index contributed by atoms with van der Waals surface area (Å²) in [5.74, 6) is 1.37. The van der Waals surface area contributed by atoms with E-state index in [1.54, 1.807) is 11.3 Å². The molecule has 0 saturated carbocycles. The van der Waals surface area contributed by atoms with Crippen LogP contribution in [0, 0.1) is 18.8 Å². The highest BCUT2D eigenvalue weighted by molar-refractivity contribution is 7.21. The third-order valence-corrected chi connectivity index (χ3v) is 6.75. The first kappa shape index (κ1) is 18.2. The average molecular weight is 378 g/mol. The van der Waals surface area contributed by atoms with Crippen molar-refractivity contribution in [3.8, 4) is 0 Å². The molecule has 140 valence electrons. The van der Waals surface area contributed by atoms with Crippen LogP contribution in [0.1, 0.15) is 46.6 Å². The number of likely N-dealkylation sites (tertiary alicyclic amines) is 1. The third-order valence-electron chi connectivity index (χ3n) is 5.55. The summed E-state index contributed by atoms with van der Waals surface area (Å²) in [6, 6.07) is 17.1. The third kappa shape index (κ3) is 3.79. The van der Waals surface area contributed by atoms with Gasteiger partial charge in [0.2, 0.25) is 0 Å². The van der Waals surface area contributed by atoms with Crippen LogP contribution in [0.2, 0.25) is 0 Å². The van der Waals surface area contributed by atoms with E-state index in [4.69, 9.17) is 0 Å². The largest absolute Gasteiger partial charge is 0.337 e. The minimum absolute atomic E-state index is 0.219. The van der Waals surface area contributed by atoms with E-state index in [1.807, 2.05) is 0 Å². The normalized spacial score (nSPS) is 20.2. The second kappa shape index (κ2) is 7.47. The van der Waals surface area contributed by atoms with Gasteiger partial charge in [-0.05, 0) is 54.2 Å². The molecule has 1 fully saturated rings. The topological polar surface area (TPSA) is 20.3 Å². The molecule has 0 radical (unpaired) electrons. The summed E-state index contributed by atoms with van der Waals surface area (Å²) in [6.07, 6.45) is 2.02. The molecule has 27 heavy (non-hydrogen) atoms. The summed E-state index contributed by atoms with van der Waals surface area (Å²) in [6.45, 7) is 8.38. The fourth-order valence-electron chi connectivity index (χ4n) is 4.33. The van der Waals surface area contributed by atoms with E-state index < -0.39 is 0 Å². The summed E-state index contributed by atoms with van der Waals surface area (Å²) in [5, 5.41) is 1.23. The van der Waals surface area contributed by atoms with Crippen LogP contribution in [0.5, 0.6) is 0 Å². The van der Waals surface area contributed by atoms with E-state index in [9.17, 15) is 4.79 Å². The number of aryl methyl sites for hydroxylation is 1. The number of hydrogen-bond donors (Lipinski definition) is 0. The average Bonchev–Trinajstić information content (AvgIpc) is 3.01. The highest BCUT2D eigenvalue weighted by Crippen LogP contribution is 2.35. The van der Waals surface area contributed by atoms with Crippen LogP contribution >= 0.6 is 11.3 Å². The summed E-state index contributed by atoms with van der Waals surface area (Å²) in [4.78, 5) is 16.5. The van der Waals surface area contributed by atoms with Gasteiger partial charge in [-0.25, -0.2) is 0 Å². The summed E-state index contributed by atoms with van der Waals surface area (Å²) < 4.78 is 1.21. The summed E-state index contributed by atoms with van der Waals surface area (Å²) in [7, 11) is 0. The van der Waals surface area contributed by atoms with Crippen LogP contribution in [0.3, 0.4) is 0 Å². The number of benzene rings is 2. The number of piperidine rings is 1. The molecular weight excluding hydrogens is 350 g/mol. The van der Waals surface area contributed by atoms with Gasteiger partial charge in [0, 0.05) is 17.8 Å². The van der Waals surface area contributed by atoms with Crippen LogP contribution in [0.25, 0.3) is 10.1 Å². The standard InChI is InChI=1S/C24H27NOS/c1-16-8-10-19(11-9-16)13-21-20-6-4-5-7-22(20)27-23(21)24(26)25-14-17(2)12-18(3)15-25/h4-11,17-18H,12-15H2,1-3H3. The molecule has 0 bridgehead atoms. The number of amides is 1. The molecule has 2 atom stereocenters. The molecule has 1 aliphatic rings. The lowest BCUT2D eigenvalue weighted by atomic mass is 9.91. The van der Waals surface area contributed by atoms with Crippen LogP contribution in [-0.2, 0) is 6.42 Å². The molecular formula is C24H27NOS. The van der Waals surface area contributed by atoms with Crippen LogP contribution in [0.15, 0.2) is 48.5 Å². The molecule has 0 N–H and O–H groups in total. The van der Waals surface area contributed by atoms with E-state index in [0.29, 0.717) is 11.8 Å². The van der Waals surface area contributed by atoms with Crippen molar-refractivity contribution in [2.75, 3.05) is 13.1 Å². The number of thiophene rings is 1. The van der Waals surface area contributed by atoms with Gasteiger partial charge in [0.15, 0.2) is 0 Å². The highest BCUT2D eigenvalue weighted by Gasteiger charge is 2.29. The molecule has 2 heterocycles. The zero-order valence-electron chi connectivity index (χ0n) is 16.4. The van der Waals surface area contributed by atoms with Gasteiger partial charge in [0.05, 0.1) is 4.88 Å². The Morgan fingerprint density at radius 2 is 1.70 bits per heavy atom. The van der Waals surface area contributed by atoms with Gasteiger partial charge in [0.25, 0.3) is 5.91 Å². The van der Waals surface area contributed by atoms with Crippen LogP contribution in [0.4, 0.5) is 0 Å². The van der Waals surface area contributed by atoms with Crippen molar-refractivity contribution in [2.45, 2.75) is 33.6 Å². The fraction of sp³-hybridized carbons (Fsp3) is 0.375. The number of rotatable bonds is 3. The second-order valence-corrected chi connectivity index (χ2v) is 9.28. The number of nitrogens with zero attached hydrogens (tertiary/aromatic N) is 1.